The Bertz CT molecular complexity index is 1050. The predicted octanol–water partition coefficient (Wildman–Crippen LogP) is 7.23. The second-order valence-electron chi connectivity index (χ2n) is 7.61. The van der Waals surface area contributed by atoms with Crippen molar-refractivity contribution in [2.75, 3.05) is 0 Å². The highest BCUT2D eigenvalue weighted by molar-refractivity contribution is 6.04. The fourth-order valence-corrected chi connectivity index (χ4v) is 3.69. The van der Waals surface area contributed by atoms with Crippen molar-refractivity contribution in [1.82, 2.24) is 4.98 Å². The summed E-state index contributed by atoms with van der Waals surface area (Å²) in [7, 11) is 0. The van der Waals surface area contributed by atoms with Gasteiger partial charge in [0.15, 0.2) is 0 Å². The van der Waals surface area contributed by atoms with Crippen LogP contribution in [-0.4, -0.2) is 4.98 Å². The Kier molecular flexibility index (Phi) is 3.88. The van der Waals surface area contributed by atoms with Crippen LogP contribution in [0.15, 0.2) is 60.8 Å². The Labute approximate surface area is 149 Å². The van der Waals surface area contributed by atoms with Gasteiger partial charge < -0.3 is 4.98 Å². The molecule has 1 N–H and O–H groups in total. The first-order valence-corrected chi connectivity index (χ1v) is 9.18. The van der Waals surface area contributed by atoms with Crippen molar-refractivity contribution in [1.29, 1.82) is 0 Å². The van der Waals surface area contributed by atoms with Crippen LogP contribution in [0, 0.1) is 0 Å². The average molecular weight is 327 g/mol. The summed E-state index contributed by atoms with van der Waals surface area (Å²) in [5, 5.41) is 5.16. The SMILES string of the molecule is CC(C)c1ccc(-c2[nH]cc3cc4ccccc4cc23)c(C(C)C)c1. The molecule has 1 heteroatoms. The van der Waals surface area contributed by atoms with Crippen molar-refractivity contribution >= 4 is 21.5 Å². The van der Waals surface area contributed by atoms with E-state index in [9.17, 15) is 0 Å². The van der Waals surface area contributed by atoms with Crippen LogP contribution in [-0.2, 0) is 0 Å². The van der Waals surface area contributed by atoms with Gasteiger partial charge >= 0.3 is 0 Å². The molecule has 0 radical (unpaired) electrons. The summed E-state index contributed by atoms with van der Waals surface area (Å²) in [6.07, 6.45) is 2.14. The molecule has 1 nitrogen and oxygen atoms in total. The zero-order valence-electron chi connectivity index (χ0n) is 15.4. The molecule has 0 spiro atoms. The van der Waals surface area contributed by atoms with Gasteiger partial charge in [-0.2, -0.15) is 0 Å². The lowest BCUT2D eigenvalue weighted by molar-refractivity contribution is 0.835. The Balaban J connectivity index is 1.96. The summed E-state index contributed by atoms with van der Waals surface area (Å²) < 4.78 is 0. The quantitative estimate of drug-likeness (QED) is 0.408. The summed E-state index contributed by atoms with van der Waals surface area (Å²) in [5.41, 5.74) is 5.39. The molecule has 126 valence electrons. The lowest BCUT2D eigenvalue weighted by Crippen LogP contribution is -1.97. The summed E-state index contributed by atoms with van der Waals surface area (Å²) in [5.74, 6) is 1.04. The molecule has 4 rings (SSSR count). The van der Waals surface area contributed by atoms with Gasteiger partial charge in [-0.05, 0) is 45.9 Å². The van der Waals surface area contributed by atoms with E-state index in [4.69, 9.17) is 0 Å². The first-order chi connectivity index (χ1) is 12.0. The van der Waals surface area contributed by atoms with E-state index < -0.39 is 0 Å². The maximum Gasteiger partial charge on any atom is 0.0536 e. The van der Waals surface area contributed by atoms with Crippen LogP contribution >= 0.6 is 0 Å². The molecule has 1 aromatic heterocycles. The maximum atomic E-state index is 3.55. The molecule has 0 fully saturated rings. The second-order valence-corrected chi connectivity index (χ2v) is 7.61. The van der Waals surface area contributed by atoms with Crippen molar-refractivity contribution in [2.24, 2.45) is 0 Å². The Morgan fingerprint density at radius 3 is 2.12 bits per heavy atom. The molecule has 0 saturated carbocycles. The predicted molar refractivity (Wildman–Crippen MR) is 109 cm³/mol. The van der Waals surface area contributed by atoms with Crippen LogP contribution in [0.1, 0.15) is 50.7 Å². The van der Waals surface area contributed by atoms with Crippen LogP contribution in [0.5, 0.6) is 0 Å². The second kappa shape index (κ2) is 6.07. The highest BCUT2D eigenvalue weighted by Gasteiger charge is 2.15. The van der Waals surface area contributed by atoms with Gasteiger partial charge in [0.25, 0.3) is 0 Å². The van der Waals surface area contributed by atoms with Gasteiger partial charge in [0.05, 0.1) is 5.69 Å². The van der Waals surface area contributed by atoms with Crippen molar-refractivity contribution in [2.45, 2.75) is 39.5 Å². The third-order valence-electron chi connectivity index (χ3n) is 5.19. The minimum absolute atomic E-state index is 0.493. The zero-order chi connectivity index (χ0) is 17.6. The topological polar surface area (TPSA) is 15.8 Å². The minimum Gasteiger partial charge on any atom is -0.360 e. The molecular weight excluding hydrogens is 302 g/mol. The molecule has 0 saturated heterocycles. The number of benzene rings is 3. The van der Waals surface area contributed by atoms with Crippen LogP contribution in [0.2, 0.25) is 0 Å². The number of hydrogen-bond donors (Lipinski definition) is 1. The molecule has 0 bridgehead atoms. The monoisotopic (exact) mass is 327 g/mol. The summed E-state index contributed by atoms with van der Waals surface area (Å²) in [4.78, 5) is 3.55. The normalized spacial score (nSPS) is 11.9. The number of H-pyrrole nitrogens is 1. The van der Waals surface area contributed by atoms with Crippen LogP contribution in [0.3, 0.4) is 0 Å². The highest BCUT2D eigenvalue weighted by Crippen LogP contribution is 2.36. The molecule has 0 atom stereocenters. The number of aromatic nitrogens is 1. The number of aromatic amines is 1. The number of fused-ring (bicyclic) bond motifs is 2. The van der Waals surface area contributed by atoms with Gasteiger partial charge in [-0.3, -0.25) is 0 Å². The summed E-state index contributed by atoms with van der Waals surface area (Å²) in [6, 6.07) is 20.1. The van der Waals surface area contributed by atoms with E-state index >= 15 is 0 Å². The van der Waals surface area contributed by atoms with Gasteiger partial charge in [0, 0.05) is 22.5 Å². The van der Waals surface area contributed by atoms with Gasteiger partial charge in [-0.15, -0.1) is 0 Å². The Morgan fingerprint density at radius 1 is 0.720 bits per heavy atom. The Morgan fingerprint density at radius 2 is 1.44 bits per heavy atom. The van der Waals surface area contributed by atoms with Crippen LogP contribution in [0.4, 0.5) is 0 Å². The van der Waals surface area contributed by atoms with E-state index in [1.54, 1.807) is 0 Å². The average Bonchev–Trinajstić information content (AvgIpc) is 3.01. The third kappa shape index (κ3) is 2.74. The maximum absolute atomic E-state index is 3.55. The molecule has 4 aromatic rings. The van der Waals surface area contributed by atoms with Crippen molar-refractivity contribution in [3.05, 3.63) is 71.9 Å². The number of rotatable bonds is 3. The lowest BCUT2D eigenvalue weighted by Gasteiger charge is -2.16. The highest BCUT2D eigenvalue weighted by atomic mass is 14.7. The lowest BCUT2D eigenvalue weighted by atomic mass is 9.89. The zero-order valence-corrected chi connectivity index (χ0v) is 15.4. The summed E-state index contributed by atoms with van der Waals surface area (Å²) in [6.45, 7) is 9.08. The van der Waals surface area contributed by atoms with Crippen molar-refractivity contribution < 1.29 is 0 Å². The minimum atomic E-state index is 0.493. The van der Waals surface area contributed by atoms with Crippen molar-refractivity contribution in [3.8, 4) is 11.3 Å². The number of nitrogens with one attached hydrogen (secondary N) is 1. The summed E-state index contributed by atoms with van der Waals surface area (Å²) >= 11 is 0. The first kappa shape index (κ1) is 16.0. The van der Waals surface area contributed by atoms with Crippen LogP contribution in [0.25, 0.3) is 32.8 Å². The van der Waals surface area contributed by atoms with E-state index in [1.165, 1.54) is 43.9 Å². The molecule has 0 aliphatic rings. The molecule has 25 heavy (non-hydrogen) atoms. The Hall–Kier alpha value is -2.54. The van der Waals surface area contributed by atoms with E-state index in [0.717, 1.165) is 0 Å². The molecular formula is C24H25N. The molecule has 0 aliphatic carbocycles. The molecule has 0 aliphatic heterocycles. The van der Waals surface area contributed by atoms with Crippen LogP contribution < -0.4 is 0 Å². The fourth-order valence-electron chi connectivity index (χ4n) is 3.69. The van der Waals surface area contributed by atoms with Gasteiger partial charge in [-0.25, -0.2) is 0 Å². The van der Waals surface area contributed by atoms with Crippen molar-refractivity contribution in [3.63, 3.8) is 0 Å². The molecule has 3 aromatic carbocycles. The largest absolute Gasteiger partial charge is 0.360 e. The molecule has 1 heterocycles. The van der Waals surface area contributed by atoms with E-state index in [1.807, 2.05) is 0 Å². The third-order valence-corrected chi connectivity index (χ3v) is 5.19. The van der Waals surface area contributed by atoms with E-state index in [2.05, 4.69) is 93.5 Å². The van der Waals surface area contributed by atoms with E-state index in [-0.39, 0.29) is 0 Å². The van der Waals surface area contributed by atoms with Gasteiger partial charge in [0.2, 0.25) is 0 Å². The standard InChI is InChI=1S/C24H25N/c1-15(2)17-9-10-21(22(12-17)16(3)4)24-23-13-19-8-6-5-7-18(19)11-20(23)14-25-24/h5-16,25H,1-4H3. The number of hydrogen-bond acceptors (Lipinski definition) is 0. The molecule has 0 amide bonds. The van der Waals surface area contributed by atoms with Gasteiger partial charge in [0.1, 0.15) is 0 Å². The van der Waals surface area contributed by atoms with E-state index in [0.29, 0.717) is 11.8 Å². The smallest absolute Gasteiger partial charge is 0.0536 e. The fraction of sp³-hybridized carbons (Fsp3) is 0.250. The molecule has 0 unspecified atom stereocenters. The van der Waals surface area contributed by atoms with Gasteiger partial charge in [-0.1, -0.05) is 70.2 Å². The first-order valence-electron chi connectivity index (χ1n) is 9.18.